The lowest BCUT2D eigenvalue weighted by molar-refractivity contribution is 0.172. The molecule has 0 saturated carbocycles. The van der Waals surface area contributed by atoms with Crippen molar-refractivity contribution in [1.29, 1.82) is 0 Å². The van der Waals surface area contributed by atoms with Crippen LogP contribution in [0, 0.1) is 0 Å². The number of halogens is 1. The first-order valence-corrected chi connectivity index (χ1v) is 12.2. The average molecular weight is 555 g/mol. The number of nitrogens with one attached hydrogen (secondary N) is 1. The van der Waals surface area contributed by atoms with Crippen LogP contribution in [0.1, 0.15) is 31.0 Å². The number of anilines is 1. The van der Waals surface area contributed by atoms with Crippen molar-refractivity contribution in [3.63, 3.8) is 0 Å². The minimum Gasteiger partial charge on any atom is -0.357 e. The molecule has 0 bridgehead atoms. The number of aromatic nitrogens is 1. The van der Waals surface area contributed by atoms with Crippen LogP contribution in [0.3, 0.4) is 0 Å². The molecule has 0 amide bonds. The van der Waals surface area contributed by atoms with E-state index in [2.05, 4.69) is 62.7 Å². The normalized spacial score (nSPS) is 17.6. The predicted molar refractivity (Wildman–Crippen MR) is 142 cm³/mol. The van der Waals surface area contributed by atoms with Gasteiger partial charge in [0.1, 0.15) is 0 Å². The van der Waals surface area contributed by atoms with Gasteiger partial charge in [-0.3, -0.25) is 9.89 Å². The first-order valence-electron chi connectivity index (χ1n) is 11.3. The number of piperazine rings is 1. The van der Waals surface area contributed by atoms with E-state index in [0.29, 0.717) is 0 Å². The summed E-state index contributed by atoms with van der Waals surface area (Å²) in [5.74, 6) is 1.05. The highest BCUT2D eigenvalue weighted by Crippen LogP contribution is 2.24. The number of thiazole rings is 1. The molecule has 0 atom stereocenters. The smallest absolute Gasteiger partial charge is 0.194 e. The zero-order valence-electron chi connectivity index (χ0n) is 18.5. The fraction of sp³-hybridized carbons (Fsp3) is 0.565. The summed E-state index contributed by atoms with van der Waals surface area (Å²) < 4.78 is 0. The topological polar surface area (TPSA) is 47.0 Å². The number of hydrogen-bond donors (Lipinski definition) is 1. The molecule has 2 aromatic rings. The Kier molecular flexibility index (Phi) is 9.86. The number of benzene rings is 1. The zero-order valence-corrected chi connectivity index (χ0v) is 21.6. The molecule has 1 aromatic heterocycles. The molecule has 0 spiro atoms. The lowest BCUT2D eigenvalue weighted by atomic mass is 10.2. The third-order valence-corrected chi connectivity index (χ3v) is 6.75. The third-order valence-electron chi connectivity index (χ3n) is 5.80. The van der Waals surface area contributed by atoms with Crippen LogP contribution in [-0.2, 0) is 13.0 Å². The van der Waals surface area contributed by atoms with Gasteiger partial charge in [0, 0.05) is 70.7 Å². The maximum absolute atomic E-state index is 4.91. The Morgan fingerprint density at radius 2 is 1.81 bits per heavy atom. The Labute approximate surface area is 207 Å². The molecule has 170 valence electrons. The second-order valence-corrected chi connectivity index (χ2v) is 8.89. The van der Waals surface area contributed by atoms with Crippen molar-refractivity contribution in [2.75, 3.05) is 57.3 Å². The molecule has 2 aliphatic heterocycles. The third kappa shape index (κ3) is 7.05. The van der Waals surface area contributed by atoms with Crippen LogP contribution < -0.4 is 10.2 Å². The van der Waals surface area contributed by atoms with Gasteiger partial charge in [0.2, 0.25) is 0 Å². The van der Waals surface area contributed by atoms with Crippen LogP contribution in [-0.4, -0.2) is 73.1 Å². The molecule has 1 aromatic carbocycles. The number of rotatable bonds is 7. The van der Waals surface area contributed by atoms with Crippen molar-refractivity contribution >= 4 is 46.4 Å². The van der Waals surface area contributed by atoms with Crippen LogP contribution in [0.4, 0.5) is 5.13 Å². The van der Waals surface area contributed by atoms with Gasteiger partial charge in [-0.05, 0) is 25.3 Å². The quantitative estimate of drug-likeness (QED) is 0.322. The predicted octanol–water partition coefficient (Wildman–Crippen LogP) is 3.69. The van der Waals surface area contributed by atoms with Crippen LogP contribution in [0.2, 0.25) is 0 Å². The van der Waals surface area contributed by atoms with Gasteiger partial charge >= 0.3 is 0 Å². The van der Waals surface area contributed by atoms with Crippen molar-refractivity contribution in [2.45, 2.75) is 32.7 Å². The molecule has 0 unspecified atom stereocenters. The van der Waals surface area contributed by atoms with Gasteiger partial charge in [-0.1, -0.05) is 30.3 Å². The molecule has 2 aliphatic rings. The van der Waals surface area contributed by atoms with Crippen LogP contribution >= 0.6 is 35.3 Å². The van der Waals surface area contributed by atoms with Crippen LogP contribution in [0.5, 0.6) is 0 Å². The van der Waals surface area contributed by atoms with E-state index in [-0.39, 0.29) is 24.0 Å². The summed E-state index contributed by atoms with van der Waals surface area (Å²) in [7, 11) is 0. The summed E-state index contributed by atoms with van der Waals surface area (Å²) in [6, 6.07) is 10.8. The summed E-state index contributed by atoms with van der Waals surface area (Å²) in [6.07, 6.45) is 3.50. The van der Waals surface area contributed by atoms with Crippen molar-refractivity contribution in [1.82, 2.24) is 20.1 Å². The minimum atomic E-state index is 0. The standard InChI is InChI=1S/C23H34N6S.HI/c1-2-24-22(25-11-10-21-19-30-23(26-21)29-12-6-7-13-29)28-16-14-27(15-17-28)18-20-8-4-3-5-9-20;/h3-5,8-9,19H,2,6-7,10-18H2,1H3,(H,24,25);1H. The molecule has 31 heavy (non-hydrogen) atoms. The molecule has 6 nitrogen and oxygen atoms in total. The van der Waals surface area contributed by atoms with Crippen molar-refractivity contribution in [3.05, 3.63) is 47.0 Å². The average Bonchev–Trinajstić information content (AvgIpc) is 3.47. The molecule has 8 heteroatoms. The van der Waals surface area contributed by atoms with Gasteiger partial charge in [0.15, 0.2) is 11.1 Å². The first kappa shape index (κ1) is 24.3. The molecule has 0 aliphatic carbocycles. The minimum absolute atomic E-state index is 0. The van der Waals surface area contributed by atoms with Crippen LogP contribution in [0.25, 0.3) is 0 Å². The number of hydrogen-bond acceptors (Lipinski definition) is 5. The number of nitrogens with zero attached hydrogens (tertiary/aromatic N) is 5. The van der Waals surface area contributed by atoms with Gasteiger partial charge < -0.3 is 15.1 Å². The molecule has 2 fully saturated rings. The Hall–Kier alpha value is -1.39. The fourth-order valence-electron chi connectivity index (χ4n) is 4.13. The Morgan fingerprint density at radius 3 is 2.52 bits per heavy atom. The van der Waals surface area contributed by atoms with E-state index in [1.807, 2.05) is 0 Å². The molecule has 1 N–H and O–H groups in total. The molecule has 4 rings (SSSR count). The van der Waals surface area contributed by atoms with Gasteiger partial charge in [-0.2, -0.15) is 0 Å². The van der Waals surface area contributed by atoms with E-state index in [4.69, 9.17) is 9.98 Å². The van der Waals surface area contributed by atoms with Crippen LogP contribution in [0.15, 0.2) is 40.7 Å². The lowest BCUT2D eigenvalue weighted by Gasteiger charge is -2.36. The highest BCUT2D eigenvalue weighted by Gasteiger charge is 2.20. The van der Waals surface area contributed by atoms with E-state index in [1.54, 1.807) is 11.3 Å². The molecule has 0 radical (unpaired) electrons. The summed E-state index contributed by atoms with van der Waals surface area (Å²) in [5.41, 5.74) is 2.57. The van der Waals surface area contributed by atoms with Gasteiger partial charge in [0.05, 0.1) is 5.69 Å². The Morgan fingerprint density at radius 1 is 1.06 bits per heavy atom. The molecular weight excluding hydrogens is 519 g/mol. The monoisotopic (exact) mass is 554 g/mol. The van der Waals surface area contributed by atoms with Gasteiger partial charge in [-0.25, -0.2) is 4.98 Å². The van der Waals surface area contributed by atoms with Gasteiger partial charge in [0.25, 0.3) is 0 Å². The molecule has 3 heterocycles. The first-order chi connectivity index (χ1) is 14.8. The summed E-state index contributed by atoms with van der Waals surface area (Å²) in [4.78, 5) is 17.1. The summed E-state index contributed by atoms with van der Waals surface area (Å²) >= 11 is 1.78. The van der Waals surface area contributed by atoms with Gasteiger partial charge in [-0.15, -0.1) is 35.3 Å². The van der Waals surface area contributed by atoms with E-state index in [0.717, 1.165) is 71.3 Å². The Bertz CT molecular complexity index is 797. The van der Waals surface area contributed by atoms with Crippen molar-refractivity contribution in [2.24, 2.45) is 4.99 Å². The Balaban J connectivity index is 0.00000272. The lowest BCUT2D eigenvalue weighted by Crippen LogP contribution is -2.52. The van der Waals surface area contributed by atoms with E-state index < -0.39 is 0 Å². The maximum atomic E-state index is 4.91. The number of aliphatic imine (C=N–C) groups is 1. The fourth-order valence-corrected chi connectivity index (χ4v) is 5.04. The summed E-state index contributed by atoms with van der Waals surface area (Å²) in [6.45, 7) is 11.4. The highest BCUT2D eigenvalue weighted by atomic mass is 127. The summed E-state index contributed by atoms with van der Waals surface area (Å²) in [5, 5.41) is 6.88. The SMILES string of the molecule is CCNC(=NCCc1csc(N2CCCC2)n1)N1CCN(Cc2ccccc2)CC1.I. The second-order valence-electron chi connectivity index (χ2n) is 8.05. The van der Waals surface area contributed by atoms with E-state index in [1.165, 1.54) is 29.2 Å². The van der Waals surface area contributed by atoms with E-state index in [9.17, 15) is 0 Å². The molecular formula is C23H35IN6S. The van der Waals surface area contributed by atoms with E-state index >= 15 is 0 Å². The highest BCUT2D eigenvalue weighted by molar-refractivity contribution is 14.0. The maximum Gasteiger partial charge on any atom is 0.194 e. The van der Waals surface area contributed by atoms with Crippen molar-refractivity contribution < 1.29 is 0 Å². The largest absolute Gasteiger partial charge is 0.357 e. The zero-order chi connectivity index (χ0) is 20.6. The molecule has 2 saturated heterocycles. The second kappa shape index (κ2) is 12.6. The van der Waals surface area contributed by atoms with Crippen molar-refractivity contribution in [3.8, 4) is 0 Å². The number of guanidine groups is 1.